The van der Waals surface area contributed by atoms with Crippen LogP contribution in [0.4, 0.5) is 0 Å². The van der Waals surface area contributed by atoms with Gasteiger partial charge in [0, 0.05) is 12.6 Å². The number of unbranched alkanes of at least 4 members (excludes halogenated alkanes) is 2. The van der Waals surface area contributed by atoms with E-state index < -0.39 is 41.1 Å². The van der Waals surface area contributed by atoms with Gasteiger partial charge in [0.2, 0.25) is 11.8 Å². The average molecular weight is 553 g/mol. The van der Waals surface area contributed by atoms with Crippen LogP contribution >= 0.6 is 0 Å². The fourth-order valence-corrected chi connectivity index (χ4v) is 7.04. The SMILES string of the molecule is C=CCCCCOC(=O)[C@H]1[C@H]2C(=O)N([C@@H](CO)Cc3ccccc3)C(C(=O)N(CC=C)C(C)C)C23CC[C@]1(C)O3. The first kappa shape index (κ1) is 30.0. The Hall–Kier alpha value is -2.97. The van der Waals surface area contributed by atoms with E-state index in [9.17, 15) is 19.5 Å². The molecule has 218 valence electrons. The van der Waals surface area contributed by atoms with Crippen molar-refractivity contribution in [3.8, 4) is 0 Å². The number of carbonyl (C=O) groups is 3. The molecule has 2 unspecified atom stereocenters. The van der Waals surface area contributed by atoms with Gasteiger partial charge in [-0.2, -0.15) is 0 Å². The summed E-state index contributed by atoms with van der Waals surface area (Å²) in [7, 11) is 0. The average Bonchev–Trinajstić information content (AvgIpc) is 3.51. The number of benzene rings is 1. The lowest BCUT2D eigenvalue weighted by atomic mass is 9.66. The van der Waals surface area contributed by atoms with Crippen molar-refractivity contribution in [2.45, 2.75) is 88.6 Å². The molecule has 0 saturated carbocycles. The second-order valence-electron chi connectivity index (χ2n) is 11.8. The Morgan fingerprint density at radius 1 is 1.20 bits per heavy atom. The summed E-state index contributed by atoms with van der Waals surface area (Å²) in [5.41, 5.74) is -1.14. The molecule has 0 aliphatic carbocycles. The maximum absolute atomic E-state index is 14.4. The smallest absolute Gasteiger partial charge is 0.312 e. The van der Waals surface area contributed by atoms with Crippen molar-refractivity contribution >= 4 is 17.8 Å². The van der Waals surface area contributed by atoms with Gasteiger partial charge in [0.1, 0.15) is 17.6 Å². The van der Waals surface area contributed by atoms with Gasteiger partial charge < -0.3 is 24.4 Å². The fraction of sp³-hybridized carbons (Fsp3) is 0.594. The van der Waals surface area contributed by atoms with E-state index in [1.54, 1.807) is 11.0 Å². The molecule has 1 aromatic rings. The van der Waals surface area contributed by atoms with E-state index in [-0.39, 0.29) is 31.1 Å². The Morgan fingerprint density at radius 2 is 1.93 bits per heavy atom. The number of fused-ring (bicyclic) bond motifs is 1. The highest BCUT2D eigenvalue weighted by atomic mass is 16.6. The molecule has 40 heavy (non-hydrogen) atoms. The second kappa shape index (κ2) is 12.3. The predicted molar refractivity (Wildman–Crippen MR) is 152 cm³/mol. The Morgan fingerprint density at radius 3 is 2.55 bits per heavy atom. The molecule has 1 N–H and O–H groups in total. The lowest BCUT2D eigenvalue weighted by Crippen LogP contribution is -2.60. The minimum absolute atomic E-state index is 0.148. The molecule has 1 aromatic carbocycles. The van der Waals surface area contributed by atoms with Crippen LogP contribution < -0.4 is 0 Å². The van der Waals surface area contributed by atoms with Gasteiger partial charge in [0.05, 0.1) is 30.8 Å². The number of hydrogen-bond acceptors (Lipinski definition) is 6. The monoisotopic (exact) mass is 552 g/mol. The summed E-state index contributed by atoms with van der Waals surface area (Å²) in [6.45, 7) is 13.5. The zero-order valence-corrected chi connectivity index (χ0v) is 24.1. The molecule has 3 aliphatic heterocycles. The first-order chi connectivity index (χ1) is 19.1. The third-order valence-electron chi connectivity index (χ3n) is 8.90. The van der Waals surface area contributed by atoms with Crippen molar-refractivity contribution in [2.24, 2.45) is 11.8 Å². The van der Waals surface area contributed by atoms with Crippen molar-refractivity contribution in [3.05, 3.63) is 61.2 Å². The molecule has 3 fully saturated rings. The van der Waals surface area contributed by atoms with Gasteiger partial charge in [-0.1, -0.05) is 42.5 Å². The van der Waals surface area contributed by atoms with Crippen molar-refractivity contribution in [1.82, 2.24) is 9.80 Å². The third kappa shape index (κ3) is 5.23. The summed E-state index contributed by atoms with van der Waals surface area (Å²) >= 11 is 0. The van der Waals surface area contributed by atoms with Gasteiger partial charge in [-0.15, -0.1) is 13.2 Å². The molecule has 3 heterocycles. The Kier molecular flexibility index (Phi) is 9.20. The Labute approximate surface area is 238 Å². The number of likely N-dealkylation sites (tertiary alicyclic amines) is 1. The number of hydrogen-bond donors (Lipinski definition) is 1. The largest absolute Gasteiger partial charge is 0.465 e. The maximum Gasteiger partial charge on any atom is 0.312 e. The number of nitrogens with zero attached hydrogens (tertiary/aromatic N) is 2. The molecule has 2 amide bonds. The summed E-state index contributed by atoms with van der Waals surface area (Å²) in [5.74, 6) is -2.71. The minimum Gasteiger partial charge on any atom is -0.465 e. The highest BCUT2D eigenvalue weighted by molar-refractivity contribution is 5.98. The summed E-state index contributed by atoms with van der Waals surface area (Å²) in [4.78, 5) is 45.6. The third-order valence-corrected chi connectivity index (χ3v) is 8.90. The molecule has 2 bridgehead atoms. The number of esters is 1. The van der Waals surface area contributed by atoms with Crippen LogP contribution in [0.15, 0.2) is 55.6 Å². The molecule has 0 radical (unpaired) electrons. The zero-order valence-electron chi connectivity index (χ0n) is 24.1. The van der Waals surface area contributed by atoms with E-state index in [1.165, 1.54) is 4.90 Å². The van der Waals surface area contributed by atoms with Crippen LogP contribution in [0.1, 0.15) is 58.4 Å². The molecule has 3 saturated heterocycles. The quantitative estimate of drug-likeness (QED) is 0.215. The predicted octanol–water partition coefficient (Wildman–Crippen LogP) is 3.68. The van der Waals surface area contributed by atoms with E-state index in [0.29, 0.717) is 32.2 Å². The van der Waals surface area contributed by atoms with Crippen LogP contribution in [0, 0.1) is 11.8 Å². The fourth-order valence-electron chi connectivity index (χ4n) is 7.04. The molecular formula is C32H44N2O6. The summed E-state index contributed by atoms with van der Waals surface area (Å²) in [6, 6.07) is 7.81. The van der Waals surface area contributed by atoms with Crippen molar-refractivity contribution in [2.75, 3.05) is 19.8 Å². The number of aliphatic hydroxyl groups is 1. The molecular weight excluding hydrogens is 508 g/mol. The highest BCUT2D eigenvalue weighted by Gasteiger charge is 2.79. The number of allylic oxidation sites excluding steroid dienone is 1. The number of rotatable bonds is 14. The van der Waals surface area contributed by atoms with Crippen LogP contribution in [0.3, 0.4) is 0 Å². The van der Waals surface area contributed by atoms with Gasteiger partial charge in [-0.3, -0.25) is 14.4 Å². The maximum atomic E-state index is 14.4. The minimum atomic E-state index is -1.17. The topological polar surface area (TPSA) is 96.4 Å². The lowest BCUT2D eigenvalue weighted by Gasteiger charge is -2.40. The molecule has 4 rings (SSSR count). The number of amides is 2. The first-order valence-corrected chi connectivity index (χ1v) is 14.5. The number of carbonyl (C=O) groups excluding carboxylic acids is 3. The van der Waals surface area contributed by atoms with Gasteiger partial charge in [0.25, 0.3) is 0 Å². The van der Waals surface area contributed by atoms with Gasteiger partial charge in [0.15, 0.2) is 0 Å². The second-order valence-corrected chi connectivity index (χ2v) is 11.8. The van der Waals surface area contributed by atoms with E-state index in [1.807, 2.05) is 57.2 Å². The standard InChI is InChI=1S/C32H44N2O6/c1-6-8-9-13-19-39-30(38)26-25-28(36)34(24(21-35)20-23-14-11-10-12-15-23)27(29(37)33(18-7-2)22(3)4)32(25)17-16-31(26,5)40-32/h6-7,10-12,14-15,22,24-27,35H,1-2,8-9,13,16-21H2,3-5H3/t24-,25+,26-,27?,31+,32?/m1/s1. The summed E-state index contributed by atoms with van der Waals surface area (Å²) in [6.07, 6.45) is 7.28. The van der Waals surface area contributed by atoms with Crippen molar-refractivity contribution in [3.63, 3.8) is 0 Å². The lowest BCUT2D eigenvalue weighted by molar-refractivity contribution is -0.162. The van der Waals surface area contributed by atoms with Crippen LogP contribution in [0.25, 0.3) is 0 Å². The van der Waals surface area contributed by atoms with Gasteiger partial charge in [-0.05, 0) is 64.9 Å². The van der Waals surface area contributed by atoms with Crippen LogP contribution in [-0.4, -0.2) is 81.8 Å². The zero-order chi connectivity index (χ0) is 29.1. The van der Waals surface area contributed by atoms with E-state index >= 15 is 0 Å². The molecule has 3 aliphatic rings. The van der Waals surface area contributed by atoms with E-state index in [2.05, 4.69) is 13.2 Å². The molecule has 6 atom stereocenters. The van der Waals surface area contributed by atoms with Crippen LogP contribution in [0.2, 0.25) is 0 Å². The molecule has 0 aromatic heterocycles. The van der Waals surface area contributed by atoms with Crippen molar-refractivity contribution in [1.29, 1.82) is 0 Å². The molecule has 8 heteroatoms. The van der Waals surface area contributed by atoms with Gasteiger partial charge >= 0.3 is 5.97 Å². The van der Waals surface area contributed by atoms with Crippen LogP contribution in [0.5, 0.6) is 0 Å². The molecule has 1 spiro atoms. The number of ether oxygens (including phenoxy) is 2. The Bertz CT molecular complexity index is 1110. The summed E-state index contributed by atoms with van der Waals surface area (Å²) < 4.78 is 12.4. The molecule has 8 nitrogen and oxygen atoms in total. The Balaban J connectivity index is 1.73. The highest BCUT2D eigenvalue weighted by Crippen LogP contribution is 2.63. The summed E-state index contributed by atoms with van der Waals surface area (Å²) in [5, 5.41) is 10.6. The first-order valence-electron chi connectivity index (χ1n) is 14.5. The van der Waals surface area contributed by atoms with Crippen LogP contribution in [-0.2, 0) is 30.3 Å². The van der Waals surface area contributed by atoms with Gasteiger partial charge in [-0.25, -0.2) is 0 Å². The normalized spacial score (nSPS) is 29.4. The van der Waals surface area contributed by atoms with Crippen molar-refractivity contribution < 1.29 is 29.0 Å². The number of aliphatic hydroxyl groups excluding tert-OH is 1. The van der Waals surface area contributed by atoms with E-state index in [0.717, 1.165) is 18.4 Å². The van der Waals surface area contributed by atoms with E-state index in [4.69, 9.17) is 9.47 Å².